The predicted molar refractivity (Wildman–Crippen MR) is 54.1 cm³/mol. The Bertz CT molecular complexity index is 336. The Morgan fingerprint density at radius 1 is 1.47 bits per heavy atom. The van der Waals surface area contributed by atoms with E-state index in [-0.39, 0.29) is 18.9 Å². The molecule has 0 unspecified atom stereocenters. The second-order valence-electron chi connectivity index (χ2n) is 3.41. The Morgan fingerprint density at radius 2 is 2.24 bits per heavy atom. The summed E-state index contributed by atoms with van der Waals surface area (Å²) in [7, 11) is 0. The number of aromatic amines is 1. The van der Waals surface area contributed by atoms with Crippen LogP contribution < -0.4 is 5.32 Å². The van der Waals surface area contributed by atoms with Gasteiger partial charge in [-0.2, -0.15) is 13.2 Å². The normalized spacial score (nSPS) is 11.5. The molecule has 0 bridgehead atoms. The fraction of sp³-hybridized carbons (Fsp3) is 0.500. The van der Waals surface area contributed by atoms with Crippen LogP contribution in [0, 0.1) is 0 Å². The third kappa shape index (κ3) is 6.62. The van der Waals surface area contributed by atoms with E-state index in [2.05, 4.69) is 15.0 Å². The van der Waals surface area contributed by atoms with Crippen molar-refractivity contribution in [1.29, 1.82) is 0 Å². The van der Waals surface area contributed by atoms with E-state index in [1.807, 2.05) is 0 Å². The van der Waals surface area contributed by atoms with Crippen molar-refractivity contribution in [2.24, 2.45) is 0 Å². The van der Waals surface area contributed by atoms with Gasteiger partial charge in [-0.3, -0.25) is 4.79 Å². The summed E-state index contributed by atoms with van der Waals surface area (Å²) in [5, 5.41) is 2.56. The summed E-state index contributed by atoms with van der Waals surface area (Å²) in [5.74, 6) is -0.339. The maximum Gasteiger partial charge on any atom is 0.411 e. The van der Waals surface area contributed by atoms with Gasteiger partial charge in [-0.25, -0.2) is 0 Å². The quantitative estimate of drug-likeness (QED) is 0.753. The van der Waals surface area contributed by atoms with Gasteiger partial charge in [0, 0.05) is 25.4 Å². The molecular weight excluding hydrogens is 237 g/mol. The maximum atomic E-state index is 11.7. The van der Waals surface area contributed by atoms with Gasteiger partial charge in [-0.05, 0) is 11.6 Å². The molecule has 1 amide bonds. The summed E-state index contributed by atoms with van der Waals surface area (Å²) >= 11 is 0. The number of rotatable bonds is 6. The van der Waals surface area contributed by atoms with Crippen LogP contribution in [0.1, 0.15) is 12.0 Å². The van der Waals surface area contributed by atoms with Crippen molar-refractivity contribution >= 4 is 5.91 Å². The average molecular weight is 250 g/mol. The molecular formula is C10H13F3N2O2. The zero-order chi connectivity index (χ0) is 12.7. The molecule has 17 heavy (non-hydrogen) atoms. The molecule has 0 aromatic carbocycles. The first-order valence-corrected chi connectivity index (χ1v) is 5.00. The number of halogens is 3. The molecule has 0 aliphatic rings. The van der Waals surface area contributed by atoms with Crippen LogP contribution >= 0.6 is 0 Å². The Labute approximate surface area is 96.2 Å². The summed E-state index contributed by atoms with van der Waals surface area (Å²) in [4.78, 5) is 14.0. The highest BCUT2D eigenvalue weighted by Crippen LogP contribution is 2.14. The maximum absolute atomic E-state index is 11.7. The van der Waals surface area contributed by atoms with Crippen molar-refractivity contribution < 1.29 is 22.7 Å². The van der Waals surface area contributed by atoms with Crippen LogP contribution in [0.2, 0.25) is 0 Å². The van der Waals surface area contributed by atoms with Gasteiger partial charge in [0.1, 0.15) is 6.61 Å². The number of hydrogen-bond acceptors (Lipinski definition) is 2. The van der Waals surface area contributed by atoms with Crippen molar-refractivity contribution in [2.75, 3.05) is 13.2 Å². The van der Waals surface area contributed by atoms with E-state index < -0.39 is 12.8 Å². The number of hydrogen-bond donors (Lipinski definition) is 2. The van der Waals surface area contributed by atoms with E-state index in [1.165, 1.54) is 0 Å². The molecule has 0 spiro atoms. The minimum Gasteiger partial charge on any atom is -0.372 e. The Kier molecular flexibility index (Phi) is 5.02. The largest absolute Gasteiger partial charge is 0.411 e. The number of aromatic nitrogens is 1. The lowest BCUT2D eigenvalue weighted by Gasteiger charge is -2.07. The van der Waals surface area contributed by atoms with Crippen molar-refractivity contribution in [1.82, 2.24) is 10.3 Å². The Balaban J connectivity index is 2.06. The van der Waals surface area contributed by atoms with Crippen LogP contribution in [-0.2, 0) is 16.1 Å². The first-order chi connectivity index (χ1) is 7.97. The molecule has 0 saturated heterocycles. The van der Waals surface area contributed by atoms with Crippen LogP contribution in [0.15, 0.2) is 18.5 Å². The van der Waals surface area contributed by atoms with E-state index in [9.17, 15) is 18.0 Å². The minimum atomic E-state index is -4.35. The van der Waals surface area contributed by atoms with E-state index in [0.717, 1.165) is 5.56 Å². The fourth-order valence-electron chi connectivity index (χ4n) is 1.11. The number of carbonyl (C=O) groups is 1. The summed E-state index contributed by atoms with van der Waals surface area (Å²) in [6.45, 7) is -1.21. The lowest BCUT2D eigenvalue weighted by Crippen LogP contribution is -2.25. The van der Waals surface area contributed by atoms with Crippen LogP contribution in [-0.4, -0.2) is 30.3 Å². The summed E-state index contributed by atoms with van der Waals surface area (Å²) in [6, 6.07) is 1.79. The topological polar surface area (TPSA) is 54.1 Å². The van der Waals surface area contributed by atoms with Gasteiger partial charge in [-0.1, -0.05) is 0 Å². The number of amides is 1. The van der Waals surface area contributed by atoms with Gasteiger partial charge in [0.25, 0.3) is 0 Å². The van der Waals surface area contributed by atoms with Gasteiger partial charge in [0.05, 0.1) is 6.61 Å². The monoisotopic (exact) mass is 250 g/mol. The summed E-state index contributed by atoms with van der Waals surface area (Å²) in [6.07, 6.45) is -0.990. The Hall–Kier alpha value is -1.50. The molecule has 1 aromatic rings. The molecule has 4 nitrogen and oxygen atoms in total. The van der Waals surface area contributed by atoms with E-state index >= 15 is 0 Å². The molecule has 0 aliphatic carbocycles. The molecule has 1 aromatic heterocycles. The molecule has 1 heterocycles. The highest BCUT2D eigenvalue weighted by Gasteiger charge is 2.27. The molecule has 0 saturated carbocycles. The minimum absolute atomic E-state index is 0.0828. The number of alkyl halides is 3. The first-order valence-electron chi connectivity index (χ1n) is 5.00. The molecule has 96 valence electrons. The number of ether oxygens (including phenoxy) is 1. The predicted octanol–water partition coefficient (Wildman–Crippen LogP) is 1.60. The molecule has 0 fully saturated rings. The van der Waals surface area contributed by atoms with E-state index in [1.54, 1.807) is 18.5 Å². The Morgan fingerprint density at radius 3 is 2.82 bits per heavy atom. The van der Waals surface area contributed by atoms with Gasteiger partial charge in [-0.15, -0.1) is 0 Å². The number of nitrogens with one attached hydrogen (secondary N) is 2. The molecule has 7 heteroatoms. The molecule has 0 atom stereocenters. The lowest BCUT2D eigenvalue weighted by molar-refractivity contribution is -0.174. The highest BCUT2D eigenvalue weighted by molar-refractivity contribution is 5.75. The highest BCUT2D eigenvalue weighted by atomic mass is 19.4. The second-order valence-corrected chi connectivity index (χ2v) is 3.41. The van der Waals surface area contributed by atoms with Crippen molar-refractivity contribution in [3.63, 3.8) is 0 Å². The summed E-state index contributed by atoms with van der Waals surface area (Å²) < 4.78 is 39.4. The zero-order valence-corrected chi connectivity index (χ0v) is 9.01. The molecule has 0 aliphatic heterocycles. The summed E-state index contributed by atoms with van der Waals surface area (Å²) in [5.41, 5.74) is 0.898. The first kappa shape index (κ1) is 13.6. The molecule has 1 rings (SSSR count). The second kappa shape index (κ2) is 6.29. The van der Waals surface area contributed by atoms with Gasteiger partial charge < -0.3 is 15.0 Å². The lowest BCUT2D eigenvalue weighted by atomic mass is 10.3. The molecule has 2 N–H and O–H groups in total. The van der Waals surface area contributed by atoms with Crippen LogP contribution in [0.4, 0.5) is 13.2 Å². The van der Waals surface area contributed by atoms with Crippen molar-refractivity contribution in [3.05, 3.63) is 24.0 Å². The zero-order valence-electron chi connectivity index (χ0n) is 9.01. The smallest absolute Gasteiger partial charge is 0.372 e. The van der Waals surface area contributed by atoms with Gasteiger partial charge >= 0.3 is 6.18 Å². The van der Waals surface area contributed by atoms with Gasteiger partial charge in [0.15, 0.2) is 0 Å². The van der Waals surface area contributed by atoms with E-state index in [0.29, 0.717) is 6.54 Å². The SMILES string of the molecule is O=C(CCOCC(F)(F)F)NCc1cc[nH]c1. The van der Waals surface area contributed by atoms with Crippen LogP contribution in [0.25, 0.3) is 0 Å². The van der Waals surface area contributed by atoms with E-state index in [4.69, 9.17) is 0 Å². The number of carbonyl (C=O) groups excluding carboxylic acids is 1. The molecule has 0 radical (unpaired) electrons. The van der Waals surface area contributed by atoms with Crippen molar-refractivity contribution in [3.8, 4) is 0 Å². The fourth-order valence-corrected chi connectivity index (χ4v) is 1.11. The number of H-pyrrole nitrogens is 1. The standard InChI is InChI=1S/C10H13F3N2O2/c11-10(12,13)7-17-4-2-9(16)15-6-8-1-3-14-5-8/h1,3,5,14H,2,4,6-7H2,(H,15,16). The van der Waals surface area contributed by atoms with Crippen molar-refractivity contribution in [2.45, 2.75) is 19.1 Å². The van der Waals surface area contributed by atoms with Crippen LogP contribution in [0.3, 0.4) is 0 Å². The average Bonchev–Trinajstić information content (AvgIpc) is 2.73. The van der Waals surface area contributed by atoms with Gasteiger partial charge in [0.2, 0.25) is 5.91 Å². The third-order valence-corrected chi connectivity index (χ3v) is 1.89. The van der Waals surface area contributed by atoms with Crippen LogP contribution in [0.5, 0.6) is 0 Å². The third-order valence-electron chi connectivity index (χ3n) is 1.89.